The van der Waals surface area contributed by atoms with Crippen LogP contribution in [0.5, 0.6) is 0 Å². The number of rotatable bonds is 4. The lowest BCUT2D eigenvalue weighted by Gasteiger charge is -2.31. The van der Waals surface area contributed by atoms with Crippen molar-refractivity contribution in [3.8, 4) is 0 Å². The summed E-state index contributed by atoms with van der Waals surface area (Å²) in [5, 5.41) is 0. The fraction of sp³-hybridized carbons (Fsp3) is 0.286. The van der Waals surface area contributed by atoms with Crippen LogP contribution in [0.1, 0.15) is 40.9 Å². The highest BCUT2D eigenvalue weighted by Crippen LogP contribution is 2.28. The fourth-order valence-corrected chi connectivity index (χ4v) is 3.84. The summed E-state index contributed by atoms with van der Waals surface area (Å²) in [5.41, 5.74) is 2.01. The van der Waals surface area contributed by atoms with Gasteiger partial charge in [0.2, 0.25) is 0 Å². The topological polar surface area (TPSA) is 79.9 Å². The van der Waals surface area contributed by atoms with Gasteiger partial charge in [-0.15, -0.1) is 0 Å². The second-order valence-electron chi connectivity index (χ2n) is 7.23. The summed E-state index contributed by atoms with van der Waals surface area (Å²) in [4.78, 5) is 27.0. The first-order chi connectivity index (χ1) is 13.8. The minimum Gasteiger partial charge on any atom is -0.454 e. The Bertz CT molecular complexity index is 1060. The summed E-state index contributed by atoms with van der Waals surface area (Å²) in [6.45, 7) is 1.96. The molecule has 1 unspecified atom stereocenters. The van der Waals surface area contributed by atoms with Crippen LogP contribution in [0.15, 0.2) is 59.5 Å². The molecule has 1 amide bonds. The Hall–Kier alpha value is -3.35. The van der Waals surface area contributed by atoms with Gasteiger partial charge in [0, 0.05) is 31.4 Å². The minimum atomic E-state index is -0.0577. The number of fused-ring (bicyclic) bond motifs is 1. The third-order valence-corrected chi connectivity index (χ3v) is 5.27. The molecule has 3 aromatic heterocycles. The average molecular weight is 375 g/mol. The molecule has 7 nitrogen and oxygen atoms in total. The normalized spacial score (nSPS) is 17.3. The van der Waals surface area contributed by atoms with Crippen LogP contribution < -0.4 is 0 Å². The van der Waals surface area contributed by atoms with E-state index < -0.39 is 0 Å². The van der Waals surface area contributed by atoms with E-state index in [2.05, 4.69) is 9.97 Å². The number of aromatic nitrogens is 4. The summed E-state index contributed by atoms with van der Waals surface area (Å²) in [6.07, 6.45) is 7.30. The van der Waals surface area contributed by atoms with E-state index in [0.717, 1.165) is 42.0 Å². The van der Waals surface area contributed by atoms with Crippen molar-refractivity contribution in [1.29, 1.82) is 0 Å². The number of para-hydroxylation sites is 2. The predicted octanol–water partition coefficient (Wildman–Crippen LogP) is 3.42. The first-order valence-corrected chi connectivity index (χ1v) is 9.54. The lowest BCUT2D eigenvalue weighted by molar-refractivity contribution is 0.0670. The number of carbonyl (C=O) groups excluding carboxylic acids is 1. The molecule has 28 heavy (non-hydrogen) atoms. The molecule has 4 aromatic rings. The molecule has 1 N–H and O–H groups in total. The Morgan fingerprint density at radius 1 is 1.25 bits per heavy atom. The van der Waals surface area contributed by atoms with Gasteiger partial charge < -0.3 is 18.9 Å². The van der Waals surface area contributed by atoms with Crippen LogP contribution in [0, 0.1) is 0 Å². The van der Waals surface area contributed by atoms with E-state index in [1.54, 1.807) is 18.6 Å². The molecule has 5 rings (SSSR count). The Labute approximate surface area is 162 Å². The molecule has 0 saturated carbocycles. The summed E-state index contributed by atoms with van der Waals surface area (Å²) < 4.78 is 7.71. The first-order valence-electron chi connectivity index (χ1n) is 9.54. The zero-order chi connectivity index (χ0) is 18.9. The maximum absolute atomic E-state index is 12.9. The lowest BCUT2D eigenvalue weighted by atomic mass is 9.97. The molecule has 1 fully saturated rings. The van der Waals surface area contributed by atoms with E-state index in [1.165, 1.54) is 0 Å². The van der Waals surface area contributed by atoms with Gasteiger partial charge in [-0.3, -0.25) is 4.79 Å². The quantitative estimate of drug-likeness (QED) is 0.593. The van der Waals surface area contributed by atoms with Gasteiger partial charge in [0.1, 0.15) is 11.6 Å². The lowest BCUT2D eigenvalue weighted by Crippen LogP contribution is -2.39. The highest BCUT2D eigenvalue weighted by molar-refractivity contribution is 5.91. The van der Waals surface area contributed by atoms with E-state index in [0.29, 0.717) is 18.8 Å². The van der Waals surface area contributed by atoms with Crippen molar-refractivity contribution in [2.45, 2.75) is 25.3 Å². The molecule has 142 valence electrons. The van der Waals surface area contributed by atoms with Crippen molar-refractivity contribution < 1.29 is 9.21 Å². The monoisotopic (exact) mass is 375 g/mol. The number of hydrogen-bond donors (Lipinski definition) is 1. The molecule has 1 atom stereocenters. The third-order valence-electron chi connectivity index (χ3n) is 5.27. The van der Waals surface area contributed by atoms with Gasteiger partial charge in [-0.05, 0) is 37.1 Å². The number of nitrogens with one attached hydrogen (secondary N) is 1. The van der Waals surface area contributed by atoms with E-state index in [4.69, 9.17) is 9.40 Å². The van der Waals surface area contributed by atoms with Crippen LogP contribution in [-0.2, 0) is 6.54 Å². The number of piperidine rings is 1. The van der Waals surface area contributed by atoms with E-state index in [1.807, 2.05) is 46.0 Å². The van der Waals surface area contributed by atoms with E-state index in [-0.39, 0.29) is 11.8 Å². The summed E-state index contributed by atoms with van der Waals surface area (Å²) >= 11 is 0. The largest absolute Gasteiger partial charge is 0.454 e. The molecule has 1 aromatic carbocycles. The average Bonchev–Trinajstić information content (AvgIpc) is 3.48. The van der Waals surface area contributed by atoms with Gasteiger partial charge in [-0.2, -0.15) is 0 Å². The maximum Gasteiger partial charge on any atom is 0.289 e. The van der Waals surface area contributed by atoms with Crippen molar-refractivity contribution >= 4 is 16.9 Å². The summed E-state index contributed by atoms with van der Waals surface area (Å²) in [5.74, 6) is 2.25. The Morgan fingerprint density at radius 3 is 3.04 bits per heavy atom. The fourth-order valence-electron chi connectivity index (χ4n) is 3.84. The van der Waals surface area contributed by atoms with Crippen LogP contribution in [-0.4, -0.2) is 43.4 Å². The number of benzene rings is 1. The van der Waals surface area contributed by atoms with Crippen molar-refractivity contribution in [2.75, 3.05) is 13.1 Å². The van der Waals surface area contributed by atoms with Gasteiger partial charge in [-0.1, -0.05) is 12.1 Å². The van der Waals surface area contributed by atoms with Crippen LogP contribution >= 0.6 is 0 Å². The van der Waals surface area contributed by atoms with Crippen LogP contribution in [0.4, 0.5) is 0 Å². The second kappa shape index (κ2) is 6.99. The number of nitrogens with zero attached hydrogens (tertiary/aromatic N) is 4. The highest BCUT2D eigenvalue weighted by atomic mass is 16.4. The van der Waals surface area contributed by atoms with Crippen molar-refractivity contribution in [1.82, 2.24) is 24.4 Å². The number of aromatic amines is 1. The maximum atomic E-state index is 12.9. The van der Waals surface area contributed by atoms with Gasteiger partial charge in [0.25, 0.3) is 5.91 Å². The molecule has 4 heterocycles. The Morgan fingerprint density at radius 2 is 2.18 bits per heavy atom. The standard InChI is InChI=1S/C21H21N5O2/c27-21(19-8-7-16(28-19)13-25-11-9-22-14-25)26-10-3-4-15(12-26)20-23-17-5-1-2-6-18(17)24-20/h1-2,5-9,11,14-15H,3-4,10,12-13H2,(H,23,24). The number of imidazole rings is 2. The first kappa shape index (κ1) is 16.8. The van der Waals surface area contributed by atoms with Crippen LogP contribution in [0.25, 0.3) is 11.0 Å². The van der Waals surface area contributed by atoms with E-state index >= 15 is 0 Å². The number of amides is 1. The van der Waals surface area contributed by atoms with Crippen LogP contribution in [0.3, 0.4) is 0 Å². The third kappa shape index (κ3) is 3.19. The van der Waals surface area contributed by atoms with Crippen LogP contribution in [0.2, 0.25) is 0 Å². The molecule has 0 spiro atoms. The Kier molecular flexibility index (Phi) is 4.20. The van der Waals surface area contributed by atoms with Crippen molar-refractivity contribution in [2.24, 2.45) is 0 Å². The Balaban J connectivity index is 1.30. The van der Waals surface area contributed by atoms with Gasteiger partial charge >= 0.3 is 0 Å². The molecule has 0 bridgehead atoms. The second-order valence-corrected chi connectivity index (χ2v) is 7.23. The molecule has 7 heteroatoms. The molecule has 0 radical (unpaired) electrons. The predicted molar refractivity (Wildman–Crippen MR) is 104 cm³/mol. The molecular weight excluding hydrogens is 354 g/mol. The SMILES string of the molecule is O=C(c1ccc(Cn2ccnc2)o1)N1CCCC(c2nc3ccccc3[nH]2)C1. The molecule has 1 saturated heterocycles. The molecular formula is C21H21N5O2. The number of H-pyrrole nitrogens is 1. The highest BCUT2D eigenvalue weighted by Gasteiger charge is 2.28. The minimum absolute atomic E-state index is 0.0577. The summed E-state index contributed by atoms with van der Waals surface area (Å²) in [7, 11) is 0. The number of furan rings is 1. The van der Waals surface area contributed by atoms with Crippen molar-refractivity contribution in [3.05, 3.63) is 72.5 Å². The zero-order valence-electron chi connectivity index (χ0n) is 15.4. The van der Waals surface area contributed by atoms with Crippen molar-refractivity contribution in [3.63, 3.8) is 0 Å². The van der Waals surface area contributed by atoms with Gasteiger partial charge in [0.05, 0.1) is 23.9 Å². The number of likely N-dealkylation sites (tertiary alicyclic amines) is 1. The van der Waals surface area contributed by atoms with Gasteiger partial charge in [0.15, 0.2) is 5.76 Å². The number of hydrogen-bond acceptors (Lipinski definition) is 4. The molecule has 1 aliphatic heterocycles. The number of carbonyl (C=O) groups is 1. The smallest absolute Gasteiger partial charge is 0.289 e. The van der Waals surface area contributed by atoms with E-state index in [9.17, 15) is 4.79 Å². The summed E-state index contributed by atoms with van der Waals surface area (Å²) in [6, 6.07) is 11.6. The van der Waals surface area contributed by atoms with Gasteiger partial charge in [-0.25, -0.2) is 9.97 Å². The molecule has 1 aliphatic rings. The molecule has 0 aliphatic carbocycles. The zero-order valence-corrected chi connectivity index (χ0v) is 15.4.